The number of halogens is 1. The van der Waals surface area contributed by atoms with Crippen LogP contribution < -0.4 is 19.6 Å². The van der Waals surface area contributed by atoms with Crippen molar-refractivity contribution in [2.24, 2.45) is 5.10 Å². The first-order valence-corrected chi connectivity index (χ1v) is 8.78. The van der Waals surface area contributed by atoms with Crippen molar-refractivity contribution < 1.29 is 24.1 Å². The molecular weight excluding hydrogens is 451 g/mol. The van der Waals surface area contributed by atoms with Crippen molar-refractivity contribution in [1.82, 2.24) is 5.43 Å². The number of benzene rings is 2. The number of amides is 1. The van der Waals surface area contributed by atoms with Crippen molar-refractivity contribution in [1.29, 1.82) is 0 Å². The summed E-state index contributed by atoms with van der Waals surface area (Å²) in [5.74, 6) is 0.988. The first-order valence-electron chi connectivity index (χ1n) is 7.70. The number of methoxy groups -OCH3 is 2. The van der Waals surface area contributed by atoms with E-state index in [2.05, 4.69) is 33.1 Å². The summed E-state index contributed by atoms with van der Waals surface area (Å²) in [4.78, 5) is 12.1. The number of ether oxygens (including phenoxy) is 3. The molecule has 2 rings (SSSR count). The fourth-order valence-electron chi connectivity index (χ4n) is 2.18. The number of carbonyl (C=O) groups excluding carboxylic acids is 1. The van der Waals surface area contributed by atoms with E-state index in [-0.39, 0.29) is 11.3 Å². The van der Waals surface area contributed by atoms with E-state index in [0.717, 1.165) is 9.13 Å². The Morgan fingerprint density at radius 1 is 1.27 bits per heavy atom. The molecule has 0 atom stereocenters. The third-order valence-corrected chi connectivity index (χ3v) is 4.17. The zero-order chi connectivity index (χ0) is 19.1. The van der Waals surface area contributed by atoms with Gasteiger partial charge < -0.3 is 19.3 Å². The summed E-state index contributed by atoms with van der Waals surface area (Å²) in [5, 5.41) is 13.8. The standard InChI is InChI=1S/C18H19IN2O5/c1-4-26-16-8-11(7-14(19)17(16)25-3)10-20-21-18(23)13-6-5-12(24-2)9-15(13)22/h5-10,22H,4H2,1-3H3,(H,21,23)/b20-10-. The Bertz CT molecular complexity index is 823. The molecule has 26 heavy (non-hydrogen) atoms. The highest BCUT2D eigenvalue weighted by Crippen LogP contribution is 2.33. The van der Waals surface area contributed by atoms with E-state index >= 15 is 0 Å². The van der Waals surface area contributed by atoms with Gasteiger partial charge in [0.05, 0.1) is 36.2 Å². The normalized spacial score (nSPS) is 10.6. The average Bonchev–Trinajstić information content (AvgIpc) is 2.61. The first-order chi connectivity index (χ1) is 12.5. The van der Waals surface area contributed by atoms with Crippen LogP contribution in [-0.4, -0.2) is 38.1 Å². The number of aromatic hydroxyl groups is 1. The van der Waals surface area contributed by atoms with Crippen LogP contribution in [0.4, 0.5) is 0 Å². The highest BCUT2D eigenvalue weighted by Gasteiger charge is 2.12. The summed E-state index contributed by atoms with van der Waals surface area (Å²) in [6.45, 7) is 2.38. The largest absolute Gasteiger partial charge is 0.507 e. The van der Waals surface area contributed by atoms with E-state index < -0.39 is 5.91 Å². The van der Waals surface area contributed by atoms with Crippen LogP contribution in [0.1, 0.15) is 22.8 Å². The molecule has 2 aromatic carbocycles. The van der Waals surface area contributed by atoms with E-state index in [1.165, 1.54) is 25.5 Å². The quantitative estimate of drug-likeness (QED) is 0.369. The van der Waals surface area contributed by atoms with Crippen molar-refractivity contribution in [3.05, 3.63) is 45.0 Å². The molecule has 2 N–H and O–H groups in total. The Labute approximate surface area is 165 Å². The zero-order valence-corrected chi connectivity index (χ0v) is 16.7. The molecule has 2 aromatic rings. The maximum absolute atomic E-state index is 12.1. The monoisotopic (exact) mass is 470 g/mol. The Kier molecular flexibility index (Phi) is 7.07. The van der Waals surface area contributed by atoms with E-state index in [1.54, 1.807) is 19.2 Å². The molecule has 138 valence electrons. The molecule has 0 aliphatic heterocycles. The zero-order valence-electron chi connectivity index (χ0n) is 14.6. The predicted octanol–water partition coefficient (Wildman–Crippen LogP) is 3.18. The molecule has 0 bridgehead atoms. The van der Waals surface area contributed by atoms with Gasteiger partial charge >= 0.3 is 0 Å². The number of hydrogen-bond acceptors (Lipinski definition) is 6. The molecule has 0 saturated carbocycles. The fourth-order valence-corrected chi connectivity index (χ4v) is 3.03. The van der Waals surface area contributed by atoms with Crippen LogP contribution in [0, 0.1) is 3.57 Å². The maximum Gasteiger partial charge on any atom is 0.275 e. The third-order valence-electron chi connectivity index (χ3n) is 3.37. The van der Waals surface area contributed by atoms with Crippen molar-refractivity contribution >= 4 is 34.7 Å². The van der Waals surface area contributed by atoms with Crippen LogP contribution in [-0.2, 0) is 0 Å². The van der Waals surface area contributed by atoms with E-state index in [9.17, 15) is 9.90 Å². The van der Waals surface area contributed by atoms with Crippen molar-refractivity contribution in [3.8, 4) is 23.0 Å². The van der Waals surface area contributed by atoms with E-state index in [1.807, 2.05) is 13.0 Å². The number of rotatable bonds is 7. The molecule has 0 aliphatic carbocycles. The molecule has 0 unspecified atom stereocenters. The van der Waals surface area contributed by atoms with Crippen molar-refractivity contribution in [2.45, 2.75) is 6.92 Å². The molecular formula is C18H19IN2O5. The number of phenols is 1. The van der Waals surface area contributed by atoms with Crippen LogP contribution in [0.25, 0.3) is 0 Å². The smallest absolute Gasteiger partial charge is 0.275 e. The minimum absolute atomic E-state index is 0.0993. The highest BCUT2D eigenvalue weighted by atomic mass is 127. The number of nitrogens with zero attached hydrogens (tertiary/aromatic N) is 1. The van der Waals surface area contributed by atoms with Gasteiger partial charge in [0, 0.05) is 6.07 Å². The molecule has 0 spiro atoms. The second-order valence-corrected chi connectivity index (χ2v) is 6.21. The van der Waals surface area contributed by atoms with Crippen molar-refractivity contribution in [3.63, 3.8) is 0 Å². The number of carbonyl (C=O) groups is 1. The molecule has 0 saturated heterocycles. The highest BCUT2D eigenvalue weighted by molar-refractivity contribution is 14.1. The Morgan fingerprint density at radius 3 is 2.65 bits per heavy atom. The Balaban J connectivity index is 2.14. The summed E-state index contributed by atoms with van der Waals surface area (Å²) in [7, 11) is 3.06. The summed E-state index contributed by atoms with van der Waals surface area (Å²) in [6.07, 6.45) is 1.49. The summed E-state index contributed by atoms with van der Waals surface area (Å²) in [6, 6.07) is 8.02. The van der Waals surface area contributed by atoms with Crippen molar-refractivity contribution in [2.75, 3.05) is 20.8 Å². The molecule has 0 radical (unpaired) electrons. The minimum Gasteiger partial charge on any atom is -0.507 e. The summed E-state index contributed by atoms with van der Waals surface area (Å²) < 4.78 is 16.7. The van der Waals surface area contributed by atoms with Gasteiger partial charge in [-0.1, -0.05) is 0 Å². The summed E-state index contributed by atoms with van der Waals surface area (Å²) in [5.41, 5.74) is 3.21. The first kappa shape index (κ1) is 19.8. The Hall–Kier alpha value is -2.49. The average molecular weight is 470 g/mol. The number of hydrogen-bond donors (Lipinski definition) is 2. The lowest BCUT2D eigenvalue weighted by Crippen LogP contribution is -2.17. The second kappa shape index (κ2) is 9.27. The van der Waals surface area contributed by atoms with Crippen LogP contribution in [0.5, 0.6) is 23.0 Å². The van der Waals surface area contributed by atoms with Gasteiger partial charge in [-0.2, -0.15) is 5.10 Å². The lowest BCUT2D eigenvalue weighted by atomic mass is 10.2. The maximum atomic E-state index is 12.1. The third kappa shape index (κ3) is 4.78. The molecule has 0 aromatic heterocycles. The van der Waals surface area contributed by atoms with Gasteiger partial charge in [-0.05, 0) is 59.3 Å². The van der Waals surface area contributed by atoms with Gasteiger partial charge in [0.2, 0.25) is 0 Å². The van der Waals surface area contributed by atoms with Gasteiger partial charge in [-0.15, -0.1) is 0 Å². The molecule has 7 nitrogen and oxygen atoms in total. The van der Waals surface area contributed by atoms with Crippen LogP contribution in [0.3, 0.4) is 0 Å². The Morgan fingerprint density at radius 2 is 2.04 bits per heavy atom. The van der Waals surface area contributed by atoms with Crippen LogP contribution in [0.2, 0.25) is 0 Å². The second-order valence-electron chi connectivity index (χ2n) is 5.05. The SMILES string of the molecule is CCOc1cc(/C=N\NC(=O)c2ccc(OC)cc2O)cc(I)c1OC. The van der Waals surface area contributed by atoms with Gasteiger partial charge in [0.1, 0.15) is 11.5 Å². The lowest BCUT2D eigenvalue weighted by Gasteiger charge is -2.11. The molecule has 0 fully saturated rings. The molecule has 1 amide bonds. The molecule has 0 heterocycles. The predicted molar refractivity (Wildman–Crippen MR) is 107 cm³/mol. The van der Waals surface area contributed by atoms with E-state index in [0.29, 0.717) is 23.9 Å². The van der Waals surface area contributed by atoms with Gasteiger partial charge in [-0.25, -0.2) is 5.43 Å². The van der Waals surface area contributed by atoms with Crippen LogP contribution >= 0.6 is 22.6 Å². The lowest BCUT2D eigenvalue weighted by molar-refractivity contribution is 0.0952. The topological polar surface area (TPSA) is 89.4 Å². The van der Waals surface area contributed by atoms with Gasteiger partial charge in [0.25, 0.3) is 5.91 Å². The van der Waals surface area contributed by atoms with E-state index in [4.69, 9.17) is 14.2 Å². The number of nitrogens with one attached hydrogen (secondary N) is 1. The van der Waals surface area contributed by atoms with Gasteiger partial charge in [-0.3, -0.25) is 4.79 Å². The number of hydrazone groups is 1. The number of phenolic OH excluding ortho intramolecular Hbond substituents is 1. The minimum atomic E-state index is -0.533. The van der Waals surface area contributed by atoms with Crippen LogP contribution in [0.15, 0.2) is 35.4 Å². The molecule has 0 aliphatic rings. The van der Waals surface area contributed by atoms with Gasteiger partial charge in [0.15, 0.2) is 11.5 Å². The fraction of sp³-hybridized carbons (Fsp3) is 0.222. The molecule has 8 heteroatoms. The summed E-state index contributed by atoms with van der Waals surface area (Å²) >= 11 is 2.14.